The van der Waals surface area contributed by atoms with Gasteiger partial charge in [0.2, 0.25) is 0 Å². The number of azo groups is 1. The number of pyridine rings is 2. The molecular formula is C20H14BrN5. The van der Waals surface area contributed by atoms with Crippen LogP contribution in [0.1, 0.15) is 0 Å². The van der Waals surface area contributed by atoms with Crippen LogP contribution in [-0.2, 0) is 0 Å². The lowest BCUT2D eigenvalue weighted by Crippen LogP contribution is -1.89. The van der Waals surface area contributed by atoms with Gasteiger partial charge < -0.3 is 5.73 Å². The van der Waals surface area contributed by atoms with Crippen LogP contribution in [0.5, 0.6) is 0 Å². The summed E-state index contributed by atoms with van der Waals surface area (Å²) >= 11 is 3.55. The van der Waals surface area contributed by atoms with Crippen molar-refractivity contribution >= 4 is 43.8 Å². The number of halogens is 1. The number of aromatic nitrogens is 2. The summed E-state index contributed by atoms with van der Waals surface area (Å²) in [6.45, 7) is 0. The molecule has 5 nitrogen and oxygen atoms in total. The van der Waals surface area contributed by atoms with Crippen LogP contribution in [0.4, 0.5) is 17.1 Å². The highest BCUT2D eigenvalue weighted by atomic mass is 79.9. The van der Waals surface area contributed by atoms with E-state index in [1.54, 1.807) is 18.6 Å². The predicted molar refractivity (Wildman–Crippen MR) is 108 cm³/mol. The fourth-order valence-corrected chi connectivity index (χ4v) is 3.24. The van der Waals surface area contributed by atoms with Crippen LogP contribution < -0.4 is 5.73 Å². The molecule has 2 N–H and O–H groups in total. The Kier molecular flexibility index (Phi) is 4.41. The second-order valence-electron chi connectivity index (χ2n) is 5.70. The fourth-order valence-electron chi connectivity index (χ4n) is 2.68. The van der Waals surface area contributed by atoms with Gasteiger partial charge in [0.05, 0.1) is 11.4 Å². The molecule has 2 aromatic heterocycles. The van der Waals surface area contributed by atoms with Crippen molar-refractivity contribution < 1.29 is 0 Å². The van der Waals surface area contributed by atoms with Crippen molar-refractivity contribution in [3.8, 4) is 11.1 Å². The van der Waals surface area contributed by atoms with E-state index in [1.165, 1.54) is 0 Å². The van der Waals surface area contributed by atoms with Gasteiger partial charge in [0.15, 0.2) is 0 Å². The zero-order chi connectivity index (χ0) is 17.9. The Balaban J connectivity index is 1.64. The third-order valence-electron chi connectivity index (χ3n) is 4.04. The van der Waals surface area contributed by atoms with Crippen LogP contribution in [0.2, 0.25) is 0 Å². The number of nitrogens with two attached hydrogens (primary N) is 1. The van der Waals surface area contributed by atoms with E-state index in [4.69, 9.17) is 5.73 Å². The Labute approximate surface area is 158 Å². The molecule has 126 valence electrons. The molecule has 0 aliphatic carbocycles. The SMILES string of the molecule is Nc1c(N=Nc2ccc(-c3cccnc3)cc2)cc(Br)c2ccncc12. The number of hydrogen-bond acceptors (Lipinski definition) is 5. The molecule has 0 fully saturated rings. The molecule has 0 saturated carbocycles. The van der Waals surface area contributed by atoms with E-state index in [2.05, 4.69) is 36.1 Å². The summed E-state index contributed by atoms with van der Waals surface area (Å²) in [6.07, 6.45) is 7.06. The maximum absolute atomic E-state index is 6.23. The Morgan fingerprint density at radius 1 is 0.808 bits per heavy atom. The highest BCUT2D eigenvalue weighted by Gasteiger charge is 2.08. The topological polar surface area (TPSA) is 76.5 Å². The summed E-state index contributed by atoms with van der Waals surface area (Å²) in [7, 11) is 0. The van der Waals surface area contributed by atoms with Crippen molar-refractivity contribution in [2.45, 2.75) is 0 Å². The van der Waals surface area contributed by atoms with Gasteiger partial charge in [0.25, 0.3) is 0 Å². The lowest BCUT2D eigenvalue weighted by molar-refractivity contribution is 1.23. The number of benzene rings is 2. The second kappa shape index (κ2) is 7.01. The highest BCUT2D eigenvalue weighted by molar-refractivity contribution is 9.10. The summed E-state index contributed by atoms with van der Waals surface area (Å²) in [5, 5.41) is 10.5. The molecule has 4 aromatic rings. The minimum Gasteiger partial charge on any atom is -0.396 e. The van der Waals surface area contributed by atoms with E-state index in [9.17, 15) is 0 Å². The van der Waals surface area contributed by atoms with Crippen molar-refractivity contribution in [1.82, 2.24) is 9.97 Å². The standard InChI is InChI=1S/C20H14BrN5/c21-18-10-19(20(22)17-12-24-9-7-16(17)18)26-25-15-5-3-13(4-6-15)14-2-1-8-23-11-14/h1-12H,22H2. The zero-order valence-corrected chi connectivity index (χ0v) is 15.3. The maximum Gasteiger partial charge on any atom is 0.110 e. The molecule has 0 radical (unpaired) electrons. The van der Waals surface area contributed by atoms with Gasteiger partial charge in [-0.05, 0) is 41.5 Å². The summed E-state index contributed by atoms with van der Waals surface area (Å²) in [5.41, 5.74) is 10.3. The van der Waals surface area contributed by atoms with E-state index >= 15 is 0 Å². The van der Waals surface area contributed by atoms with Gasteiger partial charge in [-0.3, -0.25) is 9.97 Å². The first kappa shape index (κ1) is 16.4. The van der Waals surface area contributed by atoms with Gasteiger partial charge in [-0.25, -0.2) is 0 Å². The molecule has 2 aromatic carbocycles. The second-order valence-corrected chi connectivity index (χ2v) is 6.56. The normalized spacial score (nSPS) is 11.3. The van der Waals surface area contributed by atoms with Gasteiger partial charge >= 0.3 is 0 Å². The summed E-state index contributed by atoms with van der Waals surface area (Å²) in [6, 6.07) is 15.5. The van der Waals surface area contributed by atoms with E-state index in [0.29, 0.717) is 11.4 Å². The van der Waals surface area contributed by atoms with Gasteiger partial charge in [-0.15, -0.1) is 5.11 Å². The molecule has 0 aliphatic rings. The van der Waals surface area contributed by atoms with Crippen LogP contribution in [0.25, 0.3) is 21.9 Å². The van der Waals surface area contributed by atoms with E-state index in [-0.39, 0.29) is 0 Å². The first-order valence-electron chi connectivity index (χ1n) is 7.96. The van der Waals surface area contributed by atoms with Gasteiger partial charge in [-0.1, -0.05) is 34.1 Å². The number of nitrogen functional groups attached to an aromatic ring is 1. The smallest absolute Gasteiger partial charge is 0.110 e. The molecule has 0 unspecified atom stereocenters. The zero-order valence-electron chi connectivity index (χ0n) is 13.7. The number of nitrogens with zero attached hydrogens (tertiary/aromatic N) is 4. The lowest BCUT2D eigenvalue weighted by atomic mass is 10.1. The Morgan fingerprint density at radius 2 is 1.62 bits per heavy atom. The third kappa shape index (κ3) is 3.19. The molecule has 26 heavy (non-hydrogen) atoms. The molecular weight excluding hydrogens is 390 g/mol. The summed E-state index contributed by atoms with van der Waals surface area (Å²) < 4.78 is 0.907. The number of rotatable bonds is 3. The van der Waals surface area contributed by atoms with Gasteiger partial charge in [0, 0.05) is 40.0 Å². The number of fused-ring (bicyclic) bond motifs is 1. The van der Waals surface area contributed by atoms with Crippen molar-refractivity contribution in [2.75, 3.05) is 5.73 Å². The van der Waals surface area contributed by atoms with E-state index in [1.807, 2.05) is 54.7 Å². The average Bonchev–Trinajstić information content (AvgIpc) is 2.71. The monoisotopic (exact) mass is 403 g/mol. The minimum absolute atomic E-state index is 0.562. The Hall–Kier alpha value is -3.12. The Morgan fingerprint density at radius 3 is 2.38 bits per heavy atom. The van der Waals surface area contributed by atoms with Crippen LogP contribution in [-0.4, -0.2) is 9.97 Å². The fraction of sp³-hybridized carbons (Fsp3) is 0. The van der Waals surface area contributed by atoms with Crippen molar-refractivity contribution in [3.05, 3.63) is 77.8 Å². The molecule has 0 bridgehead atoms. The van der Waals surface area contributed by atoms with Crippen LogP contribution in [0, 0.1) is 0 Å². The van der Waals surface area contributed by atoms with Crippen molar-refractivity contribution in [1.29, 1.82) is 0 Å². The van der Waals surface area contributed by atoms with Gasteiger partial charge in [-0.2, -0.15) is 5.11 Å². The van der Waals surface area contributed by atoms with Crippen molar-refractivity contribution in [2.24, 2.45) is 10.2 Å². The quantitative estimate of drug-likeness (QED) is 0.333. The summed E-state index contributed by atoms with van der Waals surface area (Å²) in [4.78, 5) is 8.27. The largest absolute Gasteiger partial charge is 0.396 e. The van der Waals surface area contributed by atoms with Crippen LogP contribution in [0.3, 0.4) is 0 Å². The molecule has 0 saturated heterocycles. The molecule has 2 heterocycles. The third-order valence-corrected chi connectivity index (χ3v) is 4.70. The summed E-state index contributed by atoms with van der Waals surface area (Å²) in [5.74, 6) is 0. The van der Waals surface area contributed by atoms with E-state index < -0.39 is 0 Å². The molecule has 0 atom stereocenters. The van der Waals surface area contributed by atoms with Crippen LogP contribution >= 0.6 is 15.9 Å². The van der Waals surface area contributed by atoms with E-state index in [0.717, 1.165) is 32.1 Å². The number of hydrogen-bond donors (Lipinski definition) is 1. The Bertz CT molecular complexity index is 1090. The lowest BCUT2D eigenvalue weighted by Gasteiger charge is -2.06. The van der Waals surface area contributed by atoms with Crippen molar-refractivity contribution in [3.63, 3.8) is 0 Å². The molecule has 0 amide bonds. The number of anilines is 1. The van der Waals surface area contributed by atoms with Crippen LogP contribution in [0.15, 0.2) is 88.0 Å². The van der Waals surface area contributed by atoms with Gasteiger partial charge in [0.1, 0.15) is 5.69 Å². The molecule has 0 spiro atoms. The average molecular weight is 404 g/mol. The first-order chi connectivity index (χ1) is 12.7. The molecule has 6 heteroatoms. The molecule has 4 rings (SSSR count). The highest BCUT2D eigenvalue weighted by Crippen LogP contribution is 2.36. The molecule has 0 aliphatic heterocycles. The first-order valence-corrected chi connectivity index (χ1v) is 8.75. The maximum atomic E-state index is 6.23. The predicted octanol–water partition coefficient (Wildman–Crippen LogP) is 6.06. The minimum atomic E-state index is 0.562.